The van der Waals surface area contributed by atoms with Crippen LogP contribution in [0.1, 0.15) is 88.2 Å². The molecular weight excluding hydrogens is 947 g/mol. The highest BCUT2D eigenvalue weighted by Gasteiger charge is 2.39. The molecule has 72 heavy (non-hydrogen) atoms. The average molecular weight is 999 g/mol. The van der Waals surface area contributed by atoms with E-state index in [1.54, 1.807) is 60.4 Å². The Labute approximate surface area is 416 Å². The minimum atomic E-state index is -0.800. The average Bonchev–Trinajstić information content (AvgIpc) is 4.24. The van der Waals surface area contributed by atoms with E-state index in [0.29, 0.717) is 70.8 Å². The molecular formula is C52H52F2N10O7S. The lowest BCUT2D eigenvalue weighted by Crippen LogP contribution is -2.51. The summed E-state index contributed by atoms with van der Waals surface area (Å²) in [6.07, 6.45) is 5.66. The summed E-state index contributed by atoms with van der Waals surface area (Å²) in [5, 5.41) is 6.69. The zero-order valence-corrected chi connectivity index (χ0v) is 41.2. The van der Waals surface area contributed by atoms with Crippen LogP contribution in [0.4, 0.5) is 18.4 Å². The van der Waals surface area contributed by atoms with Crippen molar-refractivity contribution >= 4 is 46.2 Å². The summed E-state index contributed by atoms with van der Waals surface area (Å²) in [7, 11) is 2.50. The first kappa shape index (κ1) is 47.8. The second-order valence-electron chi connectivity index (χ2n) is 18.6. The number of imidazole rings is 2. The van der Waals surface area contributed by atoms with Crippen LogP contribution in [-0.4, -0.2) is 96.6 Å². The normalized spacial score (nSPS) is 17.6. The highest BCUT2D eigenvalue weighted by atomic mass is 32.1. The standard InChI is InChI=1S/C52H52F2N10O7S/c1-26(2)43(60-51(67)69-5)48(65)62-17-7-9-37(62)45-55-23-34(58-45)29-13-16-36-31(19-29)21-39-42-33(54)20-30(22-40(42)71-50(64(36)39)41-25-57-47(72-41)28-11-14-32(53)15-12-28)35-24-56-46(59-35)38-10-8-18-63(38)49(66)44(27(3)4)61-52(68)70-6/h11-16,19-25,27,37-38,44,50H,7-10,17-18H2,1-6H3,(H,55,58)(H,56,59)(H,60,67)(H,61,68)/t37-,38-,44-,50?/m0/s1. The van der Waals surface area contributed by atoms with E-state index in [9.17, 15) is 23.6 Å². The zero-order chi connectivity index (χ0) is 50.5. The monoisotopic (exact) mass is 998 g/mol. The van der Waals surface area contributed by atoms with Gasteiger partial charge in [0.25, 0.3) is 5.91 Å². The van der Waals surface area contributed by atoms with E-state index in [1.165, 1.54) is 43.8 Å². The second kappa shape index (κ2) is 19.4. The van der Waals surface area contributed by atoms with Crippen LogP contribution >= 0.6 is 11.3 Å². The highest BCUT2D eigenvalue weighted by Crippen LogP contribution is 2.49. The molecule has 3 aliphatic heterocycles. The number of allylic oxidation sites excluding steroid dienone is 1. The van der Waals surface area contributed by atoms with E-state index in [0.717, 1.165) is 39.7 Å². The molecule has 10 rings (SSSR count). The van der Waals surface area contributed by atoms with Gasteiger partial charge in [0, 0.05) is 41.4 Å². The number of likely N-dealkylation sites (tertiary alicyclic amines) is 2. The fourth-order valence-corrected chi connectivity index (χ4v) is 10.8. The third kappa shape index (κ3) is 8.83. The predicted octanol–water partition coefficient (Wildman–Crippen LogP) is 9.79. The first-order valence-corrected chi connectivity index (χ1v) is 24.5. The number of hydrogen-bond donors (Lipinski definition) is 4. The molecule has 0 bridgehead atoms. The van der Waals surface area contributed by atoms with Crippen molar-refractivity contribution in [3.05, 3.63) is 119 Å². The van der Waals surface area contributed by atoms with Crippen LogP contribution < -0.4 is 15.4 Å². The van der Waals surface area contributed by atoms with Gasteiger partial charge in [-0.05, 0) is 106 Å². The summed E-state index contributed by atoms with van der Waals surface area (Å²) in [5.41, 5.74) is 5.64. The summed E-state index contributed by atoms with van der Waals surface area (Å²) in [6.45, 7) is 8.17. The number of nitrogens with zero attached hydrogens (tertiary/aromatic N) is 6. The summed E-state index contributed by atoms with van der Waals surface area (Å²) < 4.78 is 49.3. The minimum Gasteiger partial charge on any atom is -0.464 e. The van der Waals surface area contributed by atoms with Crippen molar-refractivity contribution in [2.45, 2.75) is 77.7 Å². The van der Waals surface area contributed by atoms with Gasteiger partial charge in [-0.2, -0.15) is 0 Å². The summed E-state index contributed by atoms with van der Waals surface area (Å²) in [5.74, 6) is -0.236. The molecule has 4 atom stereocenters. The molecule has 2 fully saturated rings. The molecule has 3 aromatic carbocycles. The Hall–Kier alpha value is -7.87. The maximum atomic E-state index is 17.0. The number of alkyl carbamates (subject to hydrolysis) is 2. The van der Waals surface area contributed by atoms with Gasteiger partial charge < -0.3 is 39.3 Å². The first-order valence-electron chi connectivity index (χ1n) is 23.7. The molecule has 4 aromatic heterocycles. The number of benzene rings is 3. The molecule has 0 spiro atoms. The maximum Gasteiger partial charge on any atom is 0.411 e. The lowest BCUT2D eigenvalue weighted by atomic mass is 10.0. The molecule has 20 heteroatoms. The molecule has 4 N–H and O–H groups in total. The molecule has 0 radical (unpaired) electrons. The Bertz CT molecular complexity index is 3280. The van der Waals surface area contributed by atoms with Gasteiger partial charge >= 0.3 is 12.2 Å². The van der Waals surface area contributed by atoms with Crippen LogP contribution in [0, 0.1) is 17.6 Å². The molecule has 7 aromatic rings. The smallest absolute Gasteiger partial charge is 0.411 e. The number of aromatic nitrogens is 6. The fourth-order valence-electron chi connectivity index (χ4n) is 9.89. The second-order valence-corrected chi connectivity index (χ2v) is 19.7. The molecule has 4 amide bonds. The topological polar surface area (TPSA) is 202 Å². The van der Waals surface area contributed by atoms with Crippen molar-refractivity contribution in [2.24, 2.45) is 5.92 Å². The van der Waals surface area contributed by atoms with E-state index in [1.807, 2.05) is 42.7 Å². The summed E-state index contributed by atoms with van der Waals surface area (Å²) in [4.78, 5) is 77.0. The van der Waals surface area contributed by atoms with Crippen molar-refractivity contribution in [2.75, 3.05) is 27.3 Å². The maximum absolute atomic E-state index is 17.0. The molecule has 3 aliphatic rings. The van der Waals surface area contributed by atoms with Gasteiger partial charge in [0.2, 0.25) is 12.1 Å². The van der Waals surface area contributed by atoms with Gasteiger partial charge in [-0.3, -0.25) is 19.5 Å². The molecule has 7 heterocycles. The van der Waals surface area contributed by atoms with Crippen LogP contribution in [0.25, 0.3) is 55.2 Å². The summed E-state index contributed by atoms with van der Waals surface area (Å²) in [6, 6.07) is 15.6. The van der Waals surface area contributed by atoms with Crippen LogP contribution in [0.2, 0.25) is 0 Å². The number of hydrogen-bond acceptors (Lipinski definition) is 11. The van der Waals surface area contributed by atoms with Crippen LogP contribution in [0.5, 0.6) is 5.75 Å². The van der Waals surface area contributed by atoms with Gasteiger partial charge in [0.15, 0.2) is 0 Å². The largest absolute Gasteiger partial charge is 0.464 e. The SMILES string of the molecule is COC(=O)NC(C(=O)N1CCC[C@H]1c1ncc(-c2ccc3c(c2)cc2n3C(c3cnc(-c4ccc(F)cc4)s3)Oc3cc(-c4cnc([C@@H]5CCCN5C(=O)[C@@H](NC(=O)OC)C(C)C)[nH]4)cc(F)c3-2)[nH]1)=C(C)C. The number of carbonyl (C=O) groups excluding carboxylic acids is 4. The van der Waals surface area contributed by atoms with Gasteiger partial charge in [-0.15, -0.1) is 11.3 Å². The number of nitrogens with one attached hydrogen (secondary N) is 4. The molecule has 17 nitrogen and oxygen atoms in total. The fraction of sp³-hybridized carbons (Fsp3) is 0.327. The van der Waals surface area contributed by atoms with Crippen molar-refractivity contribution in [3.8, 4) is 50.1 Å². The van der Waals surface area contributed by atoms with E-state index < -0.39 is 36.3 Å². The molecule has 0 aliphatic carbocycles. The number of H-pyrrole nitrogens is 2. The van der Waals surface area contributed by atoms with E-state index in [-0.39, 0.29) is 46.6 Å². The van der Waals surface area contributed by atoms with Crippen molar-refractivity contribution in [1.82, 2.24) is 49.9 Å². The Morgan fingerprint density at radius 3 is 2.11 bits per heavy atom. The number of carbonyl (C=O) groups is 4. The van der Waals surface area contributed by atoms with Gasteiger partial charge in [-0.1, -0.05) is 19.9 Å². The Morgan fingerprint density at radius 1 is 0.792 bits per heavy atom. The van der Waals surface area contributed by atoms with Gasteiger partial charge in [0.05, 0.1) is 71.7 Å². The summed E-state index contributed by atoms with van der Waals surface area (Å²) >= 11 is 1.38. The van der Waals surface area contributed by atoms with Crippen LogP contribution in [0.3, 0.4) is 0 Å². The number of halogens is 2. The van der Waals surface area contributed by atoms with Crippen LogP contribution in [-0.2, 0) is 19.1 Å². The lowest BCUT2D eigenvalue weighted by molar-refractivity contribution is -0.135. The number of rotatable bonds is 11. The zero-order valence-electron chi connectivity index (χ0n) is 40.3. The lowest BCUT2D eigenvalue weighted by Gasteiger charge is -2.30. The highest BCUT2D eigenvalue weighted by molar-refractivity contribution is 7.15. The number of amides is 4. The Morgan fingerprint density at radius 2 is 1.44 bits per heavy atom. The third-order valence-electron chi connectivity index (χ3n) is 13.5. The van der Waals surface area contributed by atoms with E-state index in [2.05, 4.69) is 25.6 Å². The van der Waals surface area contributed by atoms with Crippen molar-refractivity contribution in [1.29, 1.82) is 0 Å². The first-order chi connectivity index (χ1) is 34.7. The number of fused-ring (bicyclic) bond motifs is 5. The van der Waals surface area contributed by atoms with E-state index >= 15 is 4.39 Å². The molecule has 1 unspecified atom stereocenters. The molecule has 372 valence electrons. The Kier molecular flexibility index (Phi) is 12.9. The molecule has 2 saturated heterocycles. The van der Waals surface area contributed by atoms with Crippen molar-refractivity contribution in [3.63, 3.8) is 0 Å². The number of thiazole rings is 1. The number of methoxy groups -OCH3 is 2. The minimum absolute atomic E-state index is 0.162. The third-order valence-corrected chi connectivity index (χ3v) is 14.6. The molecule has 0 saturated carbocycles. The number of ether oxygens (including phenoxy) is 3. The van der Waals surface area contributed by atoms with Crippen LogP contribution in [0.15, 0.2) is 90.5 Å². The Balaban J connectivity index is 0.990. The van der Waals surface area contributed by atoms with Gasteiger partial charge in [-0.25, -0.2) is 33.3 Å². The quantitative estimate of drug-likeness (QED) is 0.0904. The van der Waals surface area contributed by atoms with E-state index in [4.69, 9.17) is 24.2 Å². The van der Waals surface area contributed by atoms with Crippen molar-refractivity contribution < 1.29 is 42.2 Å². The predicted molar refractivity (Wildman–Crippen MR) is 264 cm³/mol. The van der Waals surface area contributed by atoms with Gasteiger partial charge in [0.1, 0.15) is 45.8 Å². The number of aromatic amines is 2.